The number of aromatic nitrogens is 1. The van der Waals surface area contributed by atoms with Crippen LogP contribution in [0.1, 0.15) is 11.1 Å². The molecule has 0 unspecified atom stereocenters. The summed E-state index contributed by atoms with van der Waals surface area (Å²) in [6.45, 7) is 3.06. The topological polar surface area (TPSA) is 3.88 Å². The predicted molar refractivity (Wildman–Crippen MR) is 166 cm³/mol. The summed E-state index contributed by atoms with van der Waals surface area (Å²) in [4.78, 5) is 0. The van der Waals surface area contributed by atoms with E-state index >= 15 is 35.1 Å². The Kier molecular flexibility index (Phi) is 12.1. The fourth-order valence-corrected chi connectivity index (χ4v) is 6.32. The molecule has 0 spiro atoms. The molecule has 0 N–H and O–H groups in total. The summed E-state index contributed by atoms with van der Waals surface area (Å²) in [7, 11) is 0. The van der Waals surface area contributed by atoms with Gasteiger partial charge in [-0.05, 0) is 6.92 Å². The molecule has 6 rings (SSSR count). The van der Waals surface area contributed by atoms with Crippen LogP contribution in [0.25, 0.3) is 0 Å². The first kappa shape index (κ1) is 44.0. The zero-order chi connectivity index (χ0) is 44.2. The highest BCUT2D eigenvalue weighted by Gasteiger charge is 2.52. The first-order chi connectivity index (χ1) is 27.5. The molecule has 0 bridgehead atoms. The Morgan fingerprint density at radius 3 is 0.780 bits per heavy atom. The van der Waals surface area contributed by atoms with Crippen LogP contribution in [0.5, 0.6) is 0 Å². The van der Waals surface area contributed by atoms with Gasteiger partial charge in [-0.3, -0.25) is 0 Å². The molecule has 0 atom stereocenters. The van der Waals surface area contributed by atoms with Gasteiger partial charge in [-0.15, -0.1) is 21.9 Å². The van der Waals surface area contributed by atoms with Gasteiger partial charge in [-0.25, -0.2) is 92.4 Å². The second kappa shape index (κ2) is 16.3. The van der Waals surface area contributed by atoms with Crippen molar-refractivity contribution in [2.75, 3.05) is 0 Å². The molecule has 1 nitrogen and oxygen atoms in total. The number of rotatable bonds is 6. The van der Waals surface area contributed by atoms with E-state index in [-0.39, 0.29) is 0 Å². The minimum Gasteiger partial charge on any atom is -0.207 e. The number of pyridine rings is 1. The van der Waals surface area contributed by atoms with Crippen LogP contribution in [-0.2, 0) is 6.54 Å². The molecular formula is C37H14BF20N. The van der Waals surface area contributed by atoms with Crippen molar-refractivity contribution >= 4 is 28.0 Å². The highest BCUT2D eigenvalue weighted by molar-refractivity contribution is 7.20. The van der Waals surface area contributed by atoms with E-state index in [9.17, 15) is 52.7 Å². The number of nitrogens with zero attached hydrogens (tertiary/aromatic N) is 1. The van der Waals surface area contributed by atoms with Gasteiger partial charge in [-0.1, -0.05) is 35.9 Å². The second-order valence-corrected chi connectivity index (χ2v) is 12.3. The molecule has 0 saturated carbocycles. The van der Waals surface area contributed by atoms with Crippen LogP contribution in [-0.4, -0.2) is 6.15 Å². The van der Waals surface area contributed by atoms with E-state index in [0.717, 1.165) is 6.54 Å². The number of aryl methyl sites for hydroxylation is 1. The van der Waals surface area contributed by atoms with Crippen molar-refractivity contribution in [3.8, 4) is 0 Å². The average Bonchev–Trinajstić information content (AvgIpc) is 3.22. The second-order valence-electron chi connectivity index (χ2n) is 12.3. The van der Waals surface area contributed by atoms with Gasteiger partial charge >= 0.3 is 0 Å². The smallest absolute Gasteiger partial charge is 0.200 e. The molecule has 0 aliphatic carbocycles. The van der Waals surface area contributed by atoms with Crippen molar-refractivity contribution in [2.24, 2.45) is 0 Å². The zero-order valence-electron chi connectivity index (χ0n) is 28.5. The van der Waals surface area contributed by atoms with E-state index in [0.29, 0.717) is 0 Å². The summed E-state index contributed by atoms with van der Waals surface area (Å²) in [5.74, 6) is -71.4. The minimum atomic E-state index is -7.22. The van der Waals surface area contributed by atoms with E-state index in [1.165, 1.54) is 11.1 Å². The van der Waals surface area contributed by atoms with Gasteiger partial charge in [0, 0.05) is 17.7 Å². The van der Waals surface area contributed by atoms with Crippen molar-refractivity contribution in [3.63, 3.8) is 0 Å². The highest BCUT2D eigenvalue weighted by Crippen LogP contribution is 2.30. The normalized spacial score (nSPS) is 11.5. The lowest BCUT2D eigenvalue weighted by molar-refractivity contribution is -0.688. The van der Waals surface area contributed by atoms with Crippen LogP contribution in [0.3, 0.4) is 0 Å². The van der Waals surface area contributed by atoms with Crippen molar-refractivity contribution in [1.82, 2.24) is 0 Å². The maximum atomic E-state index is 15.4. The molecule has 5 aromatic carbocycles. The lowest BCUT2D eigenvalue weighted by Crippen LogP contribution is -2.81. The van der Waals surface area contributed by atoms with Gasteiger partial charge < -0.3 is 0 Å². The summed E-state index contributed by atoms with van der Waals surface area (Å²) in [6.07, 6.45) is -3.05. The Morgan fingerprint density at radius 2 is 0.542 bits per heavy atom. The fourth-order valence-electron chi connectivity index (χ4n) is 6.32. The molecular weight excluding hydrogens is 849 g/mol. The van der Waals surface area contributed by atoms with Crippen LogP contribution in [0.4, 0.5) is 87.8 Å². The van der Waals surface area contributed by atoms with Crippen molar-refractivity contribution in [3.05, 3.63) is 182 Å². The Labute approximate surface area is 316 Å². The van der Waals surface area contributed by atoms with E-state index in [1.54, 1.807) is 0 Å². The summed E-state index contributed by atoms with van der Waals surface area (Å²) < 4.78 is 296. The van der Waals surface area contributed by atoms with Crippen LogP contribution >= 0.6 is 0 Å². The monoisotopic (exact) mass is 863 g/mol. The fraction of sp³-hybridized carbons (Fsp3) is 0.0541. The third kappa shape index (κ3) is 7.00. The maximum Gasteiger partial charge on any atom is 0.200 e. The van der Waals surface area contributed by atoms with Gasteiger partial charge in [0.2, 0.25) is 0 Å². The molecule has 6 aromatic rings. The Balaban J connectivity index is 0.000000395. The van der Waals surface area contributed by atoms with Crippen LogP contribution in [0, 0.1) is 123 Å². The summed E-state index contributed by atoms with van der Waals surface area (Å²) in [5, 5.41) is 0. The minimum absolute atomic E-state index is 0.946. The van der Waals surface area contributed by atoms with Gasteiger partial charge in [0.1, 0.15) is 52.7 Å². The summed E-state index contributed by atoms with van der Waals surface area (Å²) >= 11 is 0. The molecule has 1 aromatic heterocycles. The number of hydrogen-bond acceptors (Lipinski definition) is 0. The molecule has 1 heterocycles. The van der Waals surface area contributed by atoms with E-state index < -0.39 is 144 Å². The van der Waals surface area contributed by atoms with E-state index in [4.69, 9.17) is 0 Å². The number of halogens is 20. The number of benzene rings is 5. The Bertz CT molecular complexity index is 2250. The Hall–Kier alpha value is -6.09. The van der Waals surface area contributed by atoms with Gasteiger partial charge in [-0.2, -0.15) is 0 Å². The average molecular weight is 863 g/mol. The van der Waals surface area contributed by atoms with Crippen molar-refractivity contribution in [2.45, 2.75) is 13.5 Å². The first-order valence-electron chi connectivity index (χ1n) is 15.8. The first-order valence-corrected chi connectivity index (χ1v) is 15.8. The molecule has 0 amide bonds. The van der Waals surface area contributed by atoms with Crippen LogP contribution in [0.2, 0.25) is 0 Å². The molecule has 0 aliphatic heterocycles. The lowest BCUT2D eigenvalue weighted by Gasteiger charge is -2.44. The van der Waals surface area contributed by atoms with E-state index in [2.05, 4.69) is 48.1 Å². The summed E-state index contributed by atoms with van der Waals surface area (Å²) in [5.41, 5.74) is -11.7. The molecule has 0 saturated heterocycles. The van der Waals surface area contributed by atoms with Crippen LogP contribution in [0.15, 0.2) is 54.9 Å². The molecule has 310 valence electrons. The van der Waals surface area contributed by atoms with Gasteiger partial charge in [0.25, 0.3) is 0 Å². The molecule has 22 heteroatoms. The number of hydrogen-bond donors (Lipinski definition) is 0. The molecule has 0 aliphatic rings. The van der Waals surface area contributed by atoms with Crippen molar-refractivity contribution < 1.29 is 92.4 Å². The maximum absolute atomic E-state index is 15.4. The standard InChI is InChI=1S/C24BF20.C13H14N/c26-5-1(6(27)14(35)21(42)13(5)34)25(2-7(28)15(36)22(43)16(37)8(2)29,3-9(30)17(38)23(44)18(39)10(3)31)4-11(32)19(40)24(45)20(41)12(4)33;1-12-5-7-13(8-6-12)11-14-9-3-2-4-10-14/h;2-10H,11H2,1H3/q-1;+1. The SMILES string of the molecule is Cc1ccc(C[n+]2ccccc2)cc1.Fc1c(F)c(F)c([B-](c2c(F)c(F)c(F)c(F)c2F)(c2c(F)c(F)c(F)c(F)c2F)c2c(F)c(F)c(F)c(F)c2F)c(F)c1F. The van der Waals surface area contributed by atoms with E-state index in [1.807, 2.05) is 18.2 Å². The zero-order valence-corrected chi connectivity index (χ0v) is 28.5. The molecule has 59 heavy (non-hydrogen) atoms. The molecule has 0 fully saturated rings. The summed E-state index contributed by atoms with van der Waals surface area (Å²) in [6, 6.07) is 14.8. The largest absolute Gasteiger partial charge is 0.207 e. The highest BCUT2D eigenvalue weighted by atomic mass is 19.2. The van der Waals surface area contributed by atoms with Crippen LogP contribution < -0.4 is 26.4 Å². The lowest BCUT2D eigenvalue weighted by atomic mass is 9.12. The third-order valence-electron chi connectivity index (χ3n) is 8.97. The molecule has 0 radical (unpaired) electrons. The predicted octanol–water partition coefficient (Wildman–Crippen LogP) is 8.18. The van der Waals surface area contributed by atoms with Crippen molar-refractivity contribution in [1.29, 1.82) is 0 Å². The third-order valence-corrected chi connectivity index (χ3v) is 8.97. The quantitative estimate of drug-likeness (QED) is 0.0524. The van der Waals surface area contributed by atoms with Gasteiger partial charge in [0.05, 0.1) is 0 Å². The van der Waals surface area contributed by atoms with Gasteiger partial charge in [0.15, 0.2) is 88.7 Å². The Morgan fingerprint density at radius 1 is 0.322 bits per heavy atom.